The van der Waals surface area contributed by atoms with E-state index in [2.05, 4.69) is 10.5 Å². The molecule has 0 fully saturated rings. The largest absolute Gasteiger partial charge is 0.466 e. The molecule has 0 saturated carbocycles. The molecule has 3 aromatic carbocycles. The van der Waals surface area contributed by atoms with Crippen molar-refractivity contribution in [1.82, 2.24) is 5.16 Å². The van der Waals surface area contributed by atoms with Crippen molar-refractivity contribution in [3.05, 3.63) is 95.2 Å². The molecule has 0 radical (unpaired) electrons. The molecule has 196 valence electrons. The Morgan fingerprint density at radius 1 is 0.921 bits per heavy atom. The number of anilines is 1. The summed E-state index contributed by atoms with van der Waals surface area (Å²) in [5, 5.41) is 6.57. The standard InChI is InChI=1S/C29H26F2N2O5/c1-3-36-26(34)16-19-4-6-20(7-5-19)21-8-10-22(11-9-21)28-27(18(2)33-38-28)32-29(35)37-15-14-23-17-24(30)12-13-25(23)31/h4-13,17H,3,14-16H2,1-2H3,(H,32,35). The van der Waals surface area contributed by atoms with E-state index in [-0.39, 0.29) is 31.0 Å². The Balaban J connectivity index is 1.39. The topological polar surface area (TPSA) is 90.7 Å². The summed E-state index contributed by atoms with van der Waals surface area (Å²) in [6.07, 6.45) is -0.524. The van der Waals surface area contributed by atoms with E-state index < -0.39 is 17.7 Å². The number of nitrogens with zero attached hydrogens (tertiary/aromatic N) is 1. The fourth-order valence-electron chi connectivity index (χ4n) is 3.85. The van der Waals surface area contributed by atoms with E-state index in [1.54, 1.807) is 13.8 Å². The Morgan fingerprint density at radius 2 is 1.58 bits per heavy atom. The van der Waals surface area contributed by atoms with Gasteiger partial charge >= 0.3 is 12.1 Å². The van der Waals surface area contributed by atoms with Crippen LogP contribution in [0.1, 0.15) is 23.7 Å². The first-order valence-electron chi connectivity index (χ1n) is 12.0. The summed E-state index contributed by atoms with van der Waals surface area (Å²) in [7, 11) is 0. The lowest BCUT2D eigenvalue weighted by molar-refractivity contribution is -0.142. The number of hydrogen-bond acceptors (Lipinski definition) is 6. The Labute approximate surface area is 218 Å². The van der Waals surface area contributed by atoms with Gasteiger partial charge < -0.3 is 14.0 Å². The number of carbonyl (C=O) groups excluding carboxylic acids is 2. The van der Waals surface area contributed by atoms with Crippen LogP contribution in [0.3, 0.4) is 0 Å². The van der Waals surface area contributed by atoms with Gasteiger partial charge in [0.2, 0.25) is 0 Å². The lowest BCUT2D eigenvalue weighted by atomic mass is 10.0. The van der Waals surface area contributed by atoms with Crippen LogP contribution < -0.4 is 5.32 Å². The summed E-state index contributed by atoms with van der Waals surface area (Å²) < 4.78 is 42.7. The number of ether oxygens (including phenoxy) is 2. The van der Waals surface area contributed by atoms with Gasteiger partial charge in [-0.15, -0.1) is 0 Å². The third kappa shape index (κ3) is 6.61. The van der Waals surface area contributed by atoms with Crippen LogP contribution in [0.15, 0.2) is 71.3 Å². The van der Waals surface area contributed by atoms with Gasteiger partial charge in [-0.25, -0.2) is 13.6 Å². The quantitative estimate of drug-likeness (QED) is 0.254. The van der Waals surface area contributed by atoms with Crippen LogP contribution in [0, 0.1) is 18.6 Å². The first kappa shape index (κ1) is 26.5. The minimum Gasteiger partial charge on any atom is -0.466 e. The van der Waals surface area contributed by atoms with E-state index in [9.17, 15) is 18.4 Å². The molecule has 1 aromatic heterocycles. The first-order valence-corrected chi connectivity index (χ1v) is 12.0. The molecule has 0 saturated heterocycles. The lowest BCUT2D eigenvalue weighted by Crippen LogP contribution is -2.16. The molecule has 38 heavy (non-hydrogen) atoms. The Hall–Kier alpha value is -4.53. The van der Waals surface area contributed by atoms with E-state index in [1.807, 2.05) is 48.5 Å². The van der Waals surface area contributed by atoms with Gasteiger partial charge in [0.05, 0.1) is 19.6 Å². The number of hydrogen-bond donors (Lipinski definition) is 1. The predicted octanol–water partition coefficient (Wildman–Crippen LogP) is 6.49. The minimum absolute atomic E-state index is 0.0256. The average Bonchev–Trinajstić information content (AvgIpc) is 3.26. The van der Waals surface area contributed by atoms with Crippen LogP contribution >= 0.6 is 0 Å². The molecular weight excluding hydrogens is 494 g/mol. The number of nitrogens with one attached hydrogen (secondary N) is 1. The zero-order chi connectivity index (χ0) is 27.1. The summed E-state index contributed by atoms with van der Waals surface area (Å²) >= 11 is 0. The van der Waals surface area contributed by atoms with Gasteiger partial charge in [0.15, 0.2) is 5.76 Å². The van der Waals surface area contributed by atoms with Crippen molar-refractivity contribution in [2.45, 2.75) is 26.7 Å². The van der Waals surface area contributed by atoms with Crippen molar-refractivity contribution < 1.29 is 32.4 Å². The van der Waals surface area contributed by atoms with Gasteiger partial charge in [-0.2, -0.15) is 0 Å². The van der Waals surface area contributed by atoms with Crippen LogP contribution in [0.25, 0.3) is 22.5 Å². The maximum atomic E-state index is 13.8. The monoisotopic (exact) mass is 520 g/mol. The molecule has 0 aliphatic rings. The van der Waals surface area contributed by atoms with Crippen molar-refractivity contribution in [3.8, 4) is 22.5 Å². The summed E-state index contributed by atoms with van der Waals surface area (Å²) in [6.45, 7) is 3.66. The molecule has 0 aliphatic carbocycles. The fourth-order valence-corrected chi connectivity index (χ4v) is 3.85. The van der Waals surface area contributed by atoms with Crippen molar-refractivity contribution in [3.63, 3.8) is 0 Å². The van der Waals surface area contributed by atoms with Gasteiger partial charge in [-0.3, -0.25) is 10.1 Å². The maximum Gasteiger partial charge on any atom is 0.411 e. The molecule has 1 N–H and O–H groups in total. The summed E-state index contributed by atoms with van der Waals surface area (Å²) in [4.78, 5) is 24.0. The van der Waals surface area contributed by atoms with E-state index in [4.69, 9.17) is 14.0 Å². The Kier molecular flexibility index (Phi) is 8.47. The molecule has 0 atom stereocenters. The number of rotatable bonds is 9. The maximum absolute atomic E-state index is 13.8. The summed E-state index contributed by atoms with van der Waals surface area (Å²) in [6, 6.07) is 18.3. The van der Waals surface area contributed by atoms with Gasteiger partial charge in [0.25, 0.3) is 0 Å². The summed E-state index contributed by atoms with van der Waals surface area (Å²) in [5.74, 6) is -1.04. The second-order valence-corrected chi connectivity index (χ2v) is 8.47. The van der Waals surface area contributed by atoms with E-state index in [0.29, 0.717) is 29.3 Å². The third-order valence-electron chi connectivity index (χ3n) is 5.79. The molecule has 0 aliphatic heterocycles. The number of aryl methyl sites for hydroxylation is 1. The number of esters is 1. The van der Waals surface area contributed by atoms with Crippen molar-refractivity contribution in [2.75, 3.05) is 18.5 Å². The van der Waals surface area contributed by atoms with Crippen LogP contribution in [0.4, 0.5) is 19.3 Å². The molecule has 0 unspecified atom stereocenters. The van der Waals surface area contributed by atoms with Crippen molar-refractivity contribution >= 4 is 17.7 Å². The van der Waals surface area contributed by atoms with Crippen molar-refractivity contribution in [2.24, 2.45) is 0 Å². The van der Waals surface area contributed by atoms with E-state index in [0.717, 1.165) is 34.9 Å². The molecule has 1 heterocycles. The molecular formula is C29H26F2N2O5. The second kappa shape index (κ2) is 12.1. The molecule has 4 rings (SSSR count). The minimum atomic E-state index is -0.770. The highest BCUT2D eigenvalue weighted by atomic mass is 19.1. The van der Waals surface area contributed by atoms with E-state index >= 15 is 0 Å². The molecule has 1 amide bonds. The van der Waals surface area contributed by atoms with Crippen LogP contribution in [-0.2, 0) is 27.1 Å². The SMILES string of the molecule is CCOC(=O)Cc1ccc(-c2ccc(-c3onc(C)c3NC(=O)OCCc3cc(F)ccc3F)cc2)cc1. The molecule has 0 bridgehead atoms. The predicted molar refractivity (Wildman–Crippen MR) is 137 cm³/mol. The highest BCUT2D eigenvalue weighted by Gasteiger charge is 2.18. The highest BCUT2D eigenvalue weighted by Crippen LogP contribution is 2.32. The molecule has 4 aromatic rings. The Bertz CT molecular complexity index is 1420. The first-order chi connectivity index (χ1) is 18.3. The summed E-state index contributed by atoms with van der Waals surface area (Å²) in [5.41, 5.74) is 4.39. The van der Waals surface area contributed by atoms with Crippen molar-refractivity contribution in [1.29, 1.82) is 0 Å². The van der Waals surface area contributed by atoms with Crippen LogP contribution in [0.2, 0.25) is 0 Å². The number of halogens is 2. The molecule has 9 heteroatoms. The Morgan fingerprint density at radius 3 is 2.26 bits per heavy atom. The van der Waals surface area contributed by atoms with Gasteiger partial charge in [0, 0.05) is 12.0 Å². The van der Waals surface area contributed by atoms with Gasteiger partial charge in [0.1, 0.15) is 23.0 Å². The molecule has 0 spiro atoms. The van der Waals surface area contributed by atoms with Gasteiger partial charge in [-0.05, 0) is 54.3 Å². The van der Waals surface area contributed by atoms with Gasteiger partial charge in [-0.1, -0.05) is 53.7 Å². The second-order valence-electron chi connectivity index (χ2n) is 8.47. The third-order valence-corrected chi connectivity index (χ3v) is 5.79. The zero-order valence-electron chi connectivity index (χ0n) is 20.9. The number of amides is 1. The number of benzene rings is 3. The fraction of sp³-hybridized carbons (Fsp3) is 0.207. The molecule has 7 nitrogen and oxygen atoms in total. The average molecular weight is 521 g/mol. The smallest absolute Gasteiger partial charge is 0.411 e. The van der Waals surface area contributed by atoms with Crippen LogP contribution in [0.5, 0.6) is 0 Å². The van der Waals surface area contributed by atoms with Crippen LogP contribution in [-0.4, -0.2) is 30.4 Å². The normalized spacial score (nSPS) is 10.7. The van der Waals surface area contributed by atoms with E-state index in [1.165, 1.54) is 0 Å². The lowest BCUT2D eigenvalue weighted by Gasteiger charge is -2.09. The highest BCUT2D eigenvalue weighted by molar-refractivity contribution is 5.91. The zero-order valence-corrected chi connectivity index (χ0v) is 20.9. The number of aromatic nitrogens is 1. The number of carbonyl (C=O) groups is 2.